The van der Waals surface area contributed by atoms with Gasteiger partial charge in [-0.2, -0.15) is 0 Å². The van der Waals surface area contributed by atoms with Crippen LogP contribution in [0.2, 0.25) is 5.02 Å². The predicted molar refractivity (Wildman–Crippen MR) is 84.7 cm³/mol. The van der Waals surface area contributed by atoms with Gasteiger partial charge in [0, 0.05) is 24.2 Å². The molecule has 1 aromatic rings. The summed E-state index contributed by atoms with van der Waals surface area (Å²) in [4.78, 5) is 14.7. The Labute approximate surface area is 130 Å². The van der Waals surface area contributed by atoms with Crippen LogP contribution in [-0.4, -0.2) is 34.5 Å². The molecule has 0 heterocycles. The van der Waals surface area contributed by atoms with Gasteiger partial charge in [-0.05, 0) is 50.3 Å². The number of nitrogens with zero attached hydrogens (tertiary/aromatic N) is 1. The number of benzene rings is 1. The molecule has 0 aromatic heterocycles. The number of halogens is 1. The SMILES string of the molecule is CCCN(C(=O)c1ccc(O)c(Cl)c1)C1CCC(N)CC1. The van der Waals surface area contributed by atoms with Crippen LogP contribution in [0.3, 0.4) is 0 Å². The van der Waals surface area contributed by atoms with Gasteiger partial charge >= 0.3 is 0 Å². The summed E-state index contributed by atoms with van der Waals surface area (Å²) in [6, 6.07) is 5.15. The quantitative estimate of drug-likeness (QED) is 0.897. The highest BCUT2D eigenvalue weighted by atomic mass is 35.5. The van der Waals surface area contributed by atoms with Crippen molar-refractivity contribution in [3.05, 3.63) is 28.8 Å². The molecule has 1 aliphatic carbocycles. The van der Waals surface area contributed by atoms with E-state index >= 15 is 0 Å². The number of nitrogens with two attached hydrogens (primary N) is 1. The monoisotopic (exact) mass is 310 g/mol. The summed E-state index contributed by atoms with van der Waals surface area (Å²) in [6.07, 6.45) is 4.76. The fourth-order valence-corrected chi connectivity index (χ4v) is 3.09. The van der Waals surface area contributed by atoms with Crippen LogP contribution >= 0.6 is 11.6 Å². The Kier molecular flexibility index (Phi) is 5.48. The molecule has 4 nitrogen and oxygen atoms in total. The summed E-state index contributed by atoms with van der Waals surface area (Å²) < 4.78 is 0. The van der Waals surface area contributed by atoms with Crippen LogP contribution in [0.4, 0.5) is 0 Å². The van der Waals surface area contributed by atoms with Crippen molar-refractivity contribution in [1.82, 2.24) is 4.90 Å². The molecule has 0 radical (unpaired) electrons. The summed E-state index contributed by atoms with van der Waals surface area (Å²) in [5, 5.41) is 9.69. The Morgan fingerprint density at radius 3 is 2.62 bits per heavy atom. The summed E-state index contributed by atoms with van der Waals surface area (Å²) in [5.74, 6) is -0.0156. The van der Waals surface area contributed by atoms with E-state index < -0.39 is 0 Å². The summed E-state index contributed by atoms with van der Waals surface area (Å²) in [7, 11) is 0. The molecule has 2 rings (SSSR count). The highest BCUT2D eigenvalue weighted by molar-refractivity contribution is 6.32. The van der Waals surface area contributed by atoms with Crippen LogP contribution < -0.4 is 5.73 Å². The minimum atomic E-state index is -0.0146. The third-order valence-corrected chi connectivity index (χ3v) is 4.40. The van der Waals surface area contributed by atoms with Crippen molar-refractivity contribution in [2.24, 2.45) is 5.73 Å². The van der Waals surface area contributed by atoms with Crippen molar-refractivity contribution in [3.8, 4) is 5.75 Å². The van der Waals surface area contributed by atoms with E-state index in [1.54, 1.807) is 6.07 Å². The van der Waals surface area contributed by atoms with E-state index in [1.165, 1.54) is 12.1 Å². The molecule has 116 valence electrons. The van der Waals surface area contributed by atoms with E-state index in [4.69, 9.17) is 17.3 Å². The molecule has 1 fully saturated rings. The molecule has 0 atom stereocenters. The number of rotatable bonds is 4. The summed E-state index contributed by atoms with van der Waals surface area (Å²) >= 11 is 5.91. The van der Waals surface area contributed by atoms with Crippen LogP contribution in [0.5, 0.6) is 5.75 Å². The van der Waals surface area contributed by atoms with Crippen LogP contribution in [0.25, 0.3) is 0 Å². The minimum absolute atomic E-state index is 0.00102. The van der Waals surface area contributed by atoms with Gasteiger partial charge in [0.15, 0.2) is 0 Å². The maximum absolute atomic E-state index is 12.7. The highest BCUT2D eigenvalue weighted by Gasteiger charge is 2.28. The largest absolute Gasteiger partial charge is 0.506 e. The number of carbonyl (C=O) groups is 1. The second-order valence-corrected chi connectivity index (χ2v) is 6.14. The van der Waals surface area contributed by atoms with Crippen molar-refractivity contribution in [1.29, 1.82) is 0 Å². The molecule has 0 saturated heterocycles. The fourth-order valence-electron chi connectivity index (χ4n) is 2.91. The second kappa shape index (κ2) is 7.14. The van der Waals surface area contributed by atoms with Gasteiger partial charge < -0.3 is 15.7 Å². The van der Waals surface area contributed by atoms with Crippen LogP contribution in [0.15, 0.2) is 18.2 Å². The van der Waals surface area contributed by atoms with Gasteiger partial charge in [-0.1, -0.05) is 18.5 Å². The van der Waals surface area contributed by atoms with E-state index in [9.17, 15) is 9.90 Å². The first-order valence-corrected chi connectivity index (χ1v) is 7.95. The van der Waals surface area contributed by atoms with E-state index in [2.05, 4.69) is 6.92 Å². The van der Waals surface area contributed by atoms with Gasteiger partial charge in [0.25, 0.3) is 5.91 Å². The average molecular weight is 311 g/mol. The third-order valence-electron chi connectivity index (χ3n) is 4.10. The molecule has 1 aromatic carbocycles. The lowest BCUT2D eigenvalue weighted by molar-refractivity contribution is 0.0626. The van der Waals surface area contributed by atoms with Gasteiger partial charge in [-0.3, -0.25) is 4.79 Å². The first-order chi connectivity index (χ1) is 10.0. The molecule has 1 aliphatic rings. The maximum atomic E-state index is 12.7. The number of hydrogen-bond donors (Lipinski definition) is 2. The van der Waals surface area contributed by atoms with E-state index in [1.807, 2.05) is 4.90 Å². The molecule has 0 spiro atoms. The smallest absolute Gasteiger partial charge is 0.254 e. The van der Waals surface area contributed by atoms with Crippen LogP contribution in [0.1, 0.15) is 49.4 Å². The van der Waals surface area contributed by atoms with Gasteiger partial charge in [0.1, 0.15) is 5.75 Å². The lowest BCUT2D eigenvalue weighted by Crippen LogP contribution is -2.44. The lowest BCUT2D eigenvalue weighted by Gasteiger charge is -2.36. The normalized spacial score (nSPS) is 22.0. The van der Waals surface area contributed by atoms with Crippen molar-refractivity contribution in [2.45, 2.75) is 51.1 Å². The molecule has 0 aliphatic heterocycles. The van der Waals surface area contributed by atoms with E-state index in [-0.39, 0.29) is 28.8 Å². The average Bonchev–Trinajstić information content (AvgIpc) is 2.48. The number of amides is 1. The van der Waals surface area contributed by atoms with E-state index in [0.29, 0.717) is 5.56 Å². The molecule has 21 heavy (non-hydrogen) atoms. The topological polar surface area (TPSA) is 66.6 Å². The Balaban J connectivity index is 2.16. The molecule has 0 unspecified atom stereocenters. The molecule has 1 saturated carbocycles. The third kappa shape index (κ3) is 3.89. The zero-order chi connectivity index (χ0) is 15.4. The first-order valence-electron chi connectivity index (χ1n) is 7.58. The molecular weight excluding hydrogens is 288 g/mol. The Morgan fingerprint density at radius 2 is 2.05 bits per heavy atom. The zero-order valence-electron chi connectivity index (χ0n) is 12.4. The van der Waals surface area contributed by atoms with Crippen molar-refractivity contribution in [2.75, 3.05) is 6.54 Å². The van der Waals surface area contributed by atoms with Crippen LogP contribution in [0, 0.1) is 0 Å². The van der Waals surface area contributed by atoms with Crippen molar-refractivity contribution >= 4 is 17.5 Å². The standard InChI is InChI=1S/C16H23ClN2O2/c1-2-9-19(13-6-4-12(18)5-7-13)16(21)11-3-8-15(20)14(17)10-11/h3,8,10,12-13,20H,2,4-7,9,18H2,1H3. The molecule has 1 amide bonds. The number of phenolic OH excluding ortho intramolecular Hbond substituents is 1. The molecule has 3 N–H and O–H groups in total. The molecule has 0 bridgehead atoms. The van der Waals surface area contributed by atoms with Gasteiger partial charge in [0.2, 0.25) is 0 Å². The highest BCUT2D eigenvalue weighted by Crippen LogP contribution is 2.27. The van der Waals surface area contributed by atoms with Gasteiger partial charge in [-0.15, -0.1) is 0 Å². The fraction of sp³-hybridized carbons (Fsp3) is 0.562. The van der Waals surface area contributed by atoms with Crippen molar-refractivity contribution < 1.29 is 9.90 Å². The maximum Gasteiger partial charge on any atom is 0.254 e. The number of aromatic hydroxyl groups is 1. The van der Waals surface area contributed by atoms with Gasteiger partial charge in [0.05, 0.1) is 5.02 Å². The lowest BCUT2D eigenvalue weighted by atomic mass is 9.90. The summed E-state index contributed by atoms with van der Waals surface area (Å²) in [5.41, 5.74) is 6.47. The van der Waals surface area contributed by atoms with Gasteiger partial charge in [-0.25, -0.2) is 0 Å². The Hall–Kier alpha value is -1.26. The first kappa shape index (κ1) is 16.1. The second-order valence-electron chi connectivity index (χ2n) is 5.73. The number of carbonyl (C=O) groups excluding carboxylic acids is 1. The number of hydrogen-bond acceptors (Lipinski definition) is 3. The van der Waals surface area contributed by atoms with Crippen LogP contribution in [-0.2, 0) is 0 Å². The van der Waals surface area contributed by atoms with Crippen molar-refractivity contribution in [3.63, 3.8) is 0 Å². The summed E-state index contributed by atoms with van der Waals surface area (Å²) in [6.45, 7) is 2.80. The Morgan fingerprint density at radius 1 is 1.38 bits per heavy atom. The zero-order valence-corrected chi connectivity index (χ0v) is 13.1. The number of phenols is 1. The molecular formula is C16H23ClN2O2. The molecule has 5 heteroatoms. The predicted octanol–water partition coefficient (Wildman–Crippen LogP) is 3.17. The Bertz CT molecular complexity index is 499. The van der Waals surface area contributed by atoms with E-state index in [0.717, 1.165) is 38.6 Å². The minimum Gasteiger partial charge on any atom is -0.506 e.